The van der Waals surface area contributed by atoms with Crippen LogP contribution in [0.2, 0.25) is 0 Å². The van der Waals surface area contributed by atoms with Crippen molar-refractivity contribution in [3.63, 3.8) is 0 Å². The Hall–Kier alpha value is -1.53. The molecule has 0 heterocycles. The van der Waals surface area contributed by atoms with E-state index in [2.05, 4.69) is 5.92 Å². The molecule has 0 unspecified atom stereocenters. The molecule has 2 rings (SSSR count). The van der Waals surface area contributed by atoms with Crippen LogP contribution in [-0.4, -0.2) is 18.2 Å². The second-order valence-corrected chi connectivity index (χ2v) is 4.88. The van der Waals surface area contributed by atoms with Gasteiger partial charge in [0.15, 0.2) is 0 Å². The van der Waals surface area contributed by atoms with Gasteiger partial charge in [-0.15, -0.1) is 6.42 Å². The van der Waals surface area contributed by atoms with E-state index in [4.69, 9.17) is 6.42 Å². The zero-order valence-corrected chi connectivity index (χ0v) is 10.6. The monoisotopic (exact) mass is 247 g/mol. The number of anilines is 1. The van der Waals surface area contributed by atoms with Crippen molar-refractivity contribution in [3.05, 3.63) is 29.6 Å². The molecular weight excluding hydrogens is 229 g/mol. The van der Waals surface area contributed by atoms with Crippen molar-refractivity contribution >= 4 is 5.69 Å². The average molecular weight is 247 g/mol. The number of aliphatic hydroxyl groups is 1. The quantitative estimate of drug-likeness (QED) is 0.809. The van der Waals surface area contributed by atoms with Crippen LogP contribution in [-0.2, 0) is 0 Å². The number of benzene rings is 1. The van der Waals surface area contributed by atoms with Crippen molar-refractivity contribution in [2.45, 2.75) is 25.9 Å². The molecule has 0 bridgehead atoms. The number of rotatable bonds is 5. The summed E-state index contributed by atoms with van der Waals surface area (Å²) < 4.78 is 14.0. The first-order valence-corrected chi connectivity index (χ1v) is 6.28. The molecule has 0 amide bonds. The summed E-state index contributed by atoms with van der Waals surface area (Å²) in [7, 11) is 0. The Balaban J connectivity index is 2.35. The van der Waals surface area contributed by atoms with E-state index >= 15 is 0 Å². The van der Waals surface area contributed by atoms with E-state index in [0.29, 0.717) is 23.7 Å². The highest BCUT2D eigenvalue weighted by Gasteiger charge is 2.27. The van der Waals surface area contributed by atoms with Crippen molar-refractivity contribution < 1.29 is 9.50 Å². The molecule has 1 aromatic rings. The van der Waals surface area contributed by atoms with Crippen LogP contribution in [0.1, 0.15) is 31.4 Å². The Kier molecular flexibility index (Phi) is 3.88. The van der Waals surface area contributed by atoms with Gasteiger partial charge in [-0.25, -0.2) is 4.39 Å². The molecule has 1 aliphatic rings. The maximum Gasteiger partial charge on any atom is 0.146 e. The van der Waals surface area contributed by atoms with E-state index in [9.17, 15) is 9.50 Å². The summed E-state index contributed by atoms with van der Waals surface area (Å²) in [6.45, 7) is 2.78. The van der Waals surface area contributed by atoms with E-state index < -0.39 is 6.10 Å². The zero-order chi connectivity index (χ0) is 13.1. The van der Waals surface area contributed by atoms with Crippen LogP contribution >= 0.6 is 0 Å². The van der Waals surface area contributed by atoms with Gasteiger partial charge in [0.25, 0.3) is 0 Å². The summed E-state index contributed by atoms with van der Waals surface area (Å²) in [5.41, 5.74) is 1.06. The topological polar surface area (TPSA) is 23.5 Å². The molecule has 96 valence electrons. The first-order valence-electron chi connectivity index (χ1n) is 6.28. The molecule has 1 saturated carbocycles. The van der Waals surface area contributed by atoms with Crippen LogP contribution in [0.25, 0.3) is 0 Å². The van der Waals surface area contributed by atoms with Gasteiger partial charge in [0.2, 0.25) is 0 Å². The molecule has 0 radical (unpaired) electrons. The van der Waals surface area contributed by atoms with Gasteiger partial charge in [0, 0.05) is 12.1 Å². The molecule has 0 spiro atoms. The van der Waals surface area contributed by atoms with Crippen LogP contribution in [0.3, 0.4) is 0 Å². The van der Waals surface area contributed by atoms with E-state index in [1.165, 1.54) is 18.9 Å². The summed E-state index contributed by atoms with van der Waals surface area (Å²) in [5.74, 6) is 2.87. The summed E-state index contributed by atoms with van der Waals surface area (Å²) in [6, 6.07) is 4.78. The molecule has 3 heteroatoms. The zero-order valence-electron chi connectivity index (χ0n) is 10.6. The molecule has 1 N–H and O–H groups in total. The molecule has 1 aromatic carbocycles. The Bertz CT molecular complexity index is 460. The molecule has 0 aliphatic heterocycles. The van der Waals surface area contributed by atoms with E-state index in [0.717, 1.165) is 6.54 Å². The van der Waals surface area contributed by atoms with Crippen molar-refractivity contribution in [1.29, 1.82) is 0 Å². The Morgan fingerprint density at radius 3 is 2.83 bits per heavy atom. The third-order valence-electron chi connectivity index (χ3n) is 3.24. The number of terminal acetylenes is 1. The fourth-order valence-corrected chi connectivity index (χ4v) is 2.16. The molecule has 0 saturated heterocycles. The van der Waals surface area contributed by atoms with Gasteiger partial charge in [0.05, 0.1) is 18.3 Å². The third kappa shape index (κ3) is 2.83. The molecular formula is C15H18FNO. The minimum absolute atomic E-state index is 0.315. The molecule has 2 nitrogen and oxygen atoms in total. The van der Waals surface area contributed by atoms with Gasteiger partial charge in [-0.3, -0.25) is 0 Å². The SMILES string of the molecule is C#CCN(CC1CC1)c1c(F)cccc1[C@@H](C)O. The minimum atomic E-state index is -0.699. The van der Waals surface area contributed by atoms with E-state index in [-0.39, 0.29) is 5.82 Å². The lowest BCUT2D eigenvalue weighted by atomic mass is 10.1. The number of hydrogen-bond acceptors (Lipinski definition) is 2. The van der Waals surface area contributed by atoms with Gasteiger partial charge in [-0.05, 0) is 31.7 Å². The number of aliphatic hydroxyl groups excluding tert-OH is 1. The molecule has 0 aromatic heterocycles. The second kappa shape index (κ2) is 5.41. The molecule has 1 fully saturated rings. The van der Waals surface area contributed by atoms with Gasteiger partial charge in [-0.2, -0.15) is 0 Å². The number of halogens is 1. The largest absolute Gasteiger partial charge is 0.389 e. The lowest BCUT2D eigenvalue weighted by Gasteiger charge is -2.26. The summed E-state index contributed by atoms with van der Waals surface area (Å²) in [4.78, 5) is 1.87. The predicted molar refractivity (Wildman–Crippen MR) is 70.8 cm³/mol. The Morgan fingerprint density at radius 2 is 2.28 bits per heavy atom. The van der Waals surface area contributed by atoms with E-state index in [1.54, 1.807) is 19.1 Å². The Morgan fingerprint density at radius 1 is 1.56 bits per heavy atom. The van der Waals surface area contributed by atoms with Crippen molar-refractivity contribution in [2.24, 2.45) is 5.92 Å². The van der Waals surface area contributed by atoms with Crippen molar-refractivity contribution in [2.75, 3.05) is 18.0 Å². The second-order valence-electron chi connectivity index (χ2n) is 4.88. The highest BCUT2D eigenvalue weighted by Crippen LogP contribution is 2.35. The predicted octanol–water partition coefficient (Wildman–Crippen LogP) is 2.73. The highest BCUT2D eigenvalue weighted by atomic mass is 19.1. The first kappa shape index (κ1) is 12.9. The maximum atomic E-state index is 14.0. The number of nitrogens with zero attached hydrogens (tertiary/aromatic N) is 1. The van der Waals surface area contributed by atoms with Crippen LogP contribution < -0.4 is 4.90 Å². The maximum absolute atomic E-state index is 14.0. The van der Waals surface area contributed by atoms with Crippen LogP contribution in [0.4, 0.5) is 10.1 Å². The van der Waals surface area contributed by atoms with Crippen molar-refractivity contribution in [1.82, 2.24) is 0 Å². The fraction of sp³-hybridized carbons (Fsp3) is 0.467. The Labute approximate surface area is 107 Å². The van der Waals surface area contributed by atoms with Gasteiger partial charge in [0.1, 0.15) is 5.82 Å². The third-order valence-corrected chi connectivity index (χ3v) is 3.24. The normalized spacial score (nSPS) is 16.1. The standard InChI is InChI=1S/C15H18FNO/c1-3-9-17(10-12-7-8-12)15-13(11(2)18)5-4-6-14(15)16/h1,4-6,11-12,18H,7-10H2,2H3/t11-/m1/s1. The highest BCUT2D eigenvalue weighted by molar-refractivity contribution is 5.56. The first-order chi connectivity index (χ1) is 8.63. The van der Waals surface area contributed by atoms with E-state index in [1.807, 2.05) is 4.90 Å². The molecule has 18 heavy (non-hydrogen) atoms. The fourth-order valence-electron chi connectivity index (χ4n) is 2.16. The van der Waals surface area contributed by atoms with Crippen LogP contribution in [0, 0.1) is 24.1 Å². The lowest BCUT2D eigenvalue weighted by Crippen LogP contribution is -2.28. The molecule has 1 aliphatic carbocycles. The lowest BCUT2D eigenvalue weighted by molar-refractivity contribution is 0.199. The van der Waals surface area contributed by atoms with Crippen molar-refractivity contribution in [3.8, 4) is 12.3 Å². The summed E-state index contributed by atoms with van der Waals surface area (Å²) in [5, 5.41) is 9.75. The smallest absolute Gasteiger partial charge is 0.146 e. The van der Waals surface area contributed by atoms with Crippen LogP contribution in [0.5, 0.6) is 0 Å². The van der Waals surface area contributed by atoms with Gasteiger partial charge >= 0.3 is 0 Å². The number of hydrogen-bond donors (Lipinski definition) is 1. The average Bonchev–Trinajstić information content (AvgIpc) is 3.12. The molecule has 1 atom stereocenters. The summed E-state index contributed by atoms with van der Waals surface area (Å²) in [6.07, 6.45) is 7.02. The van der Waals surface area contributed by atoms with Crippen LogP contribution in [0.15, 0.2) is 18.2 Å². The van der Waals surface area contributed by atoms with Gasteiger partial charge < -0.3 is 10.0 Å². The van der Waals surface area contributed by atoms with Gasteiger partial charge in [-0.1, -0.05) is 18.1 Å². The number of para-hydroxylation sites is 1. The summed E-state index contributed by atoms with van der Waals surface area (Å²) >= 11 is 0. The minimum Gasteiger partial charge on any atom is -0.389 e.